The van der Waals surface area contributed by atoms with Crippen LogP contribution >= 0.6 is 0 Å². The normalized spacial score (nSPS) is 20.1. The number of carbonyl (C=O) groups excluding carboxylic acids is 2. The SMILES string of the molecule is CCN1CCC[C@@H]1CN(CCC(=O)N1CCNCC1)C(=O)c1ccc(C(C)(C)C)cc1. The molecule has 172 valence electrons. The van der Waals surface area contributed by atoms with Crippen molar-refractivity contribution < 1.29 is 9.59 Å². The maximum atomic E-state index is 13.4. The van der Waals surface area contributed by atoms with Crippen molar-refractivity contribution in [2.24, 2.45) is 0 Å². The van der Waals surface area contributed by atoms with E-state index in [1.165, 1.54) is 12.0 Å². The second kappa shape index (κ2) is 10.6. The molecule has 2 amide bonds. The molecule has 0 spiro atoms. The molecule has 0 aromatic heterocycles. The third-order valence-corrected chi connectivity index (χ3v) is 6.69. The molecule has 3 rings (SSSR count). The van der Waals surface area contributed by atoms with Crippen molar-refractivity contribution in [1.82, 2.24) is 20.0 Å². The van der Waals surface area contributed by atoms with E-state index < -0.39 is 0 Å². The minimum absolute atomic E-state index is 0.0384. The van der Waals surface area contributed by atoms with Crippen molar-refractivity contribution in [2.45, 2.75) is 58.4 Å². The molecular formula is C25H40N4O2. The Bertz CT molecular complexity index is 735. The summed E-state index contributed by atoms with van der Waals surface area (Å²) in [6.07, 6.45) is 2.69. The zero-order chi connectivity index (χ0) is 22.4. The van der Waals surface area contributed by atoms with Crippen LogP contribution in [0.2, 0.25) is 0 Å². The molecule has 0 radical (unpaired) electrons. The lowest BCUT2D eigenvalue weighted by Crippen LogP contribution is -2.48. The van der Waals surface area contributed by atoms with E-state index in [1.807, 2.05) is 21.9 Å². The first-order valence-electron chi connectivity index (χ1n) is 11.9. The molecule has 2 heterocycles. The summed E-state index contributed by atoms with van der Waals surface area (Å²) >= 11 is 0. The standard InChI is InChI=1S/C25H40N4O2/c1-5-27-15-6-7-22(27)19-29(16-12-23(30)28-17-13-26-14-18-28)24(31)20-8-10-21(11-9-20)25(2,3)4/h8-11,22,26H,5-7,12-19H2,1-4H3/t22-/m1/s1. The average Bonchev–Trinajstić information content (AvgIpc) is 3.23. The summed E-state index contributed by atoms with van der Waals surface area (Å²) in [5, 5.41) is 3.28. The molecule has 0 unspecified atom stereocenters. The van der Waals surface area contributed by atoms with Crippen LogP contribution < -0.4 is 5.32 Å². The highest BCUT2D eigenvalue weighted by Gasteiger charge is 2.28. The van der Waals surface area contributed by atoms with Crippen molar-refractivity contribution in [3.8, 4) is 0 Å². The minimum atomic E-state index is 0.0384. The van der Waals surface area contributed by atoms with Crippen molar-refractivity contribution in [3.63, 3.8) is 0 Å². The van der Waals surface area contributed by atoms with E-state index in [0.29, 0.717) is 31.1 Å². The summed E-state index contributed by atoms with van der Waals surface area (Å²) in [6, 6.07) is 8.40. The van der Waals surface area contributed by atoms with Crippen LogP contribution in [0.1, 0.15) is 62.9 Å². The smallest absolute Gasteiger partial charge is 0.253 e. The Morgan fingerprint density at radius 3 is 2.39 bits per heavy atom. The van der Waals surface area contributed by atoms with E-state index in [-0.39, 0.29) is 17.2 Å². The molecule has 2 fully saturated rings. The third-order valence-electron chi connectivity index (χ3n) is 6.69. The van der Waals surface area contributed by atoms with Crippen molar-refractivity contribution in [1.29, 1.82) is 0 Å². The predicted molar refractivity (Wildman–Crippen MR) is 125 cm³/mol. The molecule has 1 aromatic rings. The van der Waals surface area contributed by atoms with Crippen LogP contribution in [-0.4, -0.2) is 84.9 Å². The number of benzene rings is 1. The van der Waals surface area contributed by atoms with Crippen molar-refractivity contribution in [2.75, 3.05) is 52.4 Å². The van der Waals surface area contributed by atoms with Crippen LogP contribution in [-0.2, 0) is 10.2 Å². The van der Waals surface area contributed by atoms with Gasteiger partial charge in [-0.2, -0.15) is 0 Å². The lowest BCUT2D eigenvalue weighted by molar-refractivity contribution is -0.132. The average molecular weight is 429 g/mol. The second-order valence-electron chi connectivity index (χ2n) is 9.88. The van der Waals surface area contributed by atoms with Gasteiger partial charge in [0.2, 0.25) is 5.91 Å². The molecule has 2 saturated heterocycles. The van der Waals surface area contributed by atoms with Gasteiger partial charge in [-0.05, 0) is 49.0 Å². The molecule has 6 heteroatoms. The molecular weight excluding hydrogens is 388 g/mol. The number of likely N-dealkylation sites (N-methyl/N-ethyl adjacent to an activating group) is 1. The molecule has 0 aliphatic carbocycles. The fraction of sp³-hybridized carbons (Fsp3) is 0.680. The van der Waals surface area contributed by atoms with Gasteiger partial charge in [0.1, 0.15) is 0 Å². The number of rotatable bonds is 7. The first kappa shape index (κ1) is 23.7. The number of amides is 2. The Hall–Kier alpha value is -1.92. The van der Waals surface area contributed by atoms with E-state index in [2.05, 4.69) is 50.0 Å². The number of nitrogens with zero attached hydrogens (tertiary/aromatic N) is 3. The minimum Gasteiger partial charge on any atom is -0.340 e. The van der Waals surface area contributed by atoms with Gasteiger partial charge in [-0.3, -0.25) is 14.5 Å². The largest absolute Gasteiger partial charge is 0.340 e. The molecule has 2 aliphatic rings. The summed E-state index contributed by atoms with van der Waals surface area (Å²) in [5.41, 5.74) is 1.99. The van der Waals surface area contributed by atoms with Gasteiger partial charge >= 0.3 is 0 Å². The Labute approximate surface area is 188 Å². The van der Waals surface area contributed by atoms with Crippen molar-refractivity contribution in [3.05, 3.63) is 35.4 Å². The van der Waals surface area contributed by atoms with E-state index in [1.54, 1.807) is 0 Å². The highest BCUT2D eigenvalue weighted by atomic mass is 16.2. The first-order valence-corrected chi connectivity index (χ1v) is 11.9. The highest BCUT2D eigenvalue weighted by molar-refractivity contribution is 5.94. The summed E-state index contributed by atoms with van der Waals surface area (Å²) in [7, 11) is 0. The quantitative estimate of drug-likeness (QED) is 0.726. The summed E-state index contributed by atoms with van der Waals surface area (Å²) in [5.74, 6) is 0.192. The Balaban J connectivity index is 1.71. The van der Waals surface area contributed by atoms with Crippen LogP contribution in [0.25, 0.3) is 0 Å². The van der Waals surface area contributed by atoms with E-state index in [0.717, 1.165) is 45.7 Å². The number of hydrogen-bond acceptors (Lipinski definition) is 4. The fourth-order valence-electron chi connectivity index (χ4n) is 4.65. The summed E-state index contributed by atoms with van der Waals surface area (Å²) < 4.78 is 0. The van der Waals surface area contributed by atoms with Gasteiger partial charge < -0.3 is 15.1 Å². The van der Waals surface area contributed by atoms with Gasteiger partial charge in [0.15, 0.2) is 0 Å². The van der Waals surface area contributed by atoms with Crippen LogP contribution in [0.4, 0.5) is 0 Å². The number of nitrogens with one attached hydrogen (secondary N) is 1. The predicted octanol–water partition coefficient (Wildman–Crippen LogP) is 2.73. The monoisotopic (exact) mass is 428 g/mol. The van der Waals surface area contributed by atoms with Gasteiger partial charge in [0.05, 0.1) is 0 Å². The van der Waals surface area contributed by atoms with E-state index in [9.17, 15) is 9.59 Å². The summed E-state index contributed by atoms with van der Waals surface area (Å²) in [6.45, 7) is 15.2. The van der Waals surface area contributed by atoms with E-state index in [4.69, 9.17) is 0 Å². The lowest BCUT2D eigenvalue weighted by atomic mass is 9.86. The molecule has 0 bridgehead atoms. The molecule has 31 heavy (non-hydrogen) atoms. The van der Waals surface area contributed by atoms with Gasteiger partial charge in [-0.25, -0.2) is 0 Å². The van der Waals surface area contributed by atoms with Crippen LogP contribution in [0.15, 0.2) is 24.3 Å². The second-order valence-corrected chi connectivity index (χ2v) is 9.88. The molecule has 1 atom stereocenters. The number of hydrogen-bond donors (Lipinski definition) is 1. The topological polar surface area (TPSA) is 55.9 Å². The lowest BCUT2D eigenvalue weighted by Gasteiger charge is -2.32. The number of likely N-dealkylation sites (tertiary alicyclic amines) is 1. The number of carbonyl (C=O) groups is 2. The number of piperazine rings is 1. The Morgan fingerprint density at radius 1 is 1.10 bits per heavy atom. The highest BCUT2D eigenvalue weighted by Crippen LogP contribution is 2.23. The van der Waals surface area contributed by atoms with Crippen LogP contribution in [0.3, 0.4) is 0 Å². The van der Waals surface area contributed by atoms with Crippen LogP contribution in [0.5, 0.6) is 0 Å². The molecule has 2 aliphatic heterocycles. The van der Waals surface area contributed by atoms with Crippen molar-refractivity contribution >= 4 is 11.8 Å². The molecule has 6 nitrogen and oxygen atoms in total. The molecule has 0 saturated carbocycles. The first-order chi connectivity index (χ1) is 14.8. The zero-order valence-corrected chi connectivity index (χ0v) is 19.8. The zero-order valence-electron chi connectivity index (χ0n) is 19.8. The van der Waals surface area contributed by atoms with Gasteiger partial charge in [-0.1, -0.05) is 39.8 Å². The van der Waals surface area contributed by atoms with Crippen LogP contribution in [0, 0.1) is 0 Å². The summed E-state index contributed by atoms with van der Waals surface area (Å²) in [4.78, 5) is 32.5. The third kappa shape index (κ3) is 6.30. The van der Waals surface area contributed by atoms with E-state index >= 15 is 0 Å². The Morgan fingerprint density at radius 2 is 1.77 bits per heavy atom. The van der Waals surface area contributed by atoms with Gasteiger partial charge in [0, 0.05) is 57.3 Å². The molecule has 1 N–H and O–H groups in total. The maximum Gasteiger partial charge on any atom is 0.253 e. The Kier molecular flexibility index (Phi) is 8.11. The fourth-order valence-corrected chi connectivity index (χ4v) is 4.65. The molecule has 1 aromatic carbocycles. The van der Waals surface area contributed by atoms with Gasteiger partial charge in [-0.15, -0.1) is 0 Å². The maximum absolute atomic E-state index is 13.4. The van der Waals surface area contributed by atoms with Gasteiger partial charge in [0.25, 0.3) is 5.91 Å².